The van der Waals surface area contributed by atoms with E-state index in [1.165, 1.54) is 17.0 Å². The number of nitrogens with zero attached hydrogens (tertiary/aromatic N) is 5. The molecule has 4 heterocycles. The number of carbonyl (C=O) groups is 2. The lowest BCUT2D eigenvalue weighted by Crippen LogP contribution is -2.65. The van der Waals surface area contributed by atoms with E-state index in [4.69, 9.17) is 0 Å². The second kappa shape index (κ2) is 13.8. The summed E-state index contributed by atoms with van der Waals surface area (Å²) in [7, 11) is 0. The number of anilines is 2. The highest BCUT2D eigenvalue weighted by atomic mass is 19.3. The van der Waals surface area contributed by atoms with Crippen molar-refractivity contribution in [3.05, 3.63) is 72.2 Å². The van der Waals surface area contributed by atoms with Crippen molar-refractivity contribution in [3.8, 4) is 17.0 Å². The average molecular weight is 667 g/mol. The molecule has 5 N–H and O–H groups in total. The van der Waals surface area contributed by atoms with Crippen LogP contribution in [0.15, 0.2) is 61.1 Å². The van der Waals surface area contributed by atoms with Crippen LogP contribution < -0.4 is 10.1 Å². The van der Waals surface area contributed by atoms with Crippen LogP contribution in [0.5, 0.6) is 5.75 Å². The summed E-state index contributed by atoms with van der Waals surface area (Å²) in [6, 6.07) is 10.6. The van der Waals surface area contributed by atoms with Gasteiger partial charge in [0, 0.05) is 54.8 Å². The third-order valence-electron chi connectivity index (χ3n) is 9.05. The third-order valence-corrected chi connectivity index (χ3v) is 9.05. The molecule has 2 fully saturated rings. The van der Waals surface area contributed by atoms with Crippen LogP contribution in [0.25, 0.3) is 16.9 Å². The minimum atomic E-state index is -2.91. The SMILES string of the molecule is Cc1cc(Nc2nccn3c(-c4ccc(OC(F)F)cc4)cnc23)ccc1C(=O)N1CCC(C(=O)N2C[C@H](O)[C@@H](O)[C@@H](O)[C@H]2CO)CC1. The first-order chi connectivity index (χ1) is 23.0. The Hall–Kier alpha value is -4.70. The van der Waals surface area contributed by atoms with Crippen LogP contribution in [0.2, 0.25) is 0 Å². The van der Waals surface area contributed by atoms with E-state index in [-0.39, 0.29) is 24.1 Å². The van der Waals surface area contributed by atoms with Crippen LogP contribution >= 0.6 is 0 Å². The molecule has 0 saturated carbocycles. The maximum absolute atomic E-state index is 13.5. The highest BCUT2D eigenvalue weighted by molar-refractivity contribution is 5.96. The number of aryl methyl sites for hydroxylation is 1. The van der Waals surface area contributed by atoms with Crippen molar-refractivity contribution in [1.29, 1.82) is 0 Å². The Morgan fingerprint density at radius 1 is 1.04 bits per heavy atom. The lowest BCUT2D eigenvalue weighted by Gasteiger charge is -2.45. The molecule has 0 aliphatic carbocycles. The minimum Gasteiger partial charge on any atom is -0.435 e. The zero-order valence-electron chi connectivity index (χ0n) is 26.0. The molecule has 6 rings (SSSR count). The first-order valence-electron chi connectivity index (χ1n) is 15.6. The number of piperidine rings is 2. The summed E-state index contributed by atoms with van der Waals surface area (Å²) in [4.78, 5) is 38.6. The number of nitrogens with one attached hydrogen (secondary N) is 1. The summed E-state index contributed by atoms with van der Waals surface area (Å²) >= 11 is 0. The number of ether oxygens (including phenoxy) is 1. The average Bonchev–Trinajstić information content (AvgIpc) is 3.52. The Labute approximate surface area is 274 Å². The molecule has 2 aromatic heterocycles. The number of aliphatic hydroxyl groups is 4. The van der Waals surface area contributed by atoms with Gasteiger partial charge in [-0.15, -0.1) is 0 Å². The Balaban J connectivity index is 1.10. The van der Waals surface area contributed by atoms with Crippen LogP contribution in [-0.2, 0) is 4.79 Å². The van der Waals surface area contributed by atoms with Gasteiger partial charge >= 0.3 is 6.61 Å². The fraction of sp³-hybridized carbons (Fsp3) is 0.394. The normalized spacial score (nSPS) is 21.9. The van der Waals surface area contributed by atoms with Gasteiger partial charge in [0.2, 0.25) is 5.91 Å². The molecule has 2 aliphatic rings. The quantitative estimate of drug-likeness (QED) is 0.188. The number of hydrogen-bond acceptors (Lipinski definition) is 10. The fourth-order valence-electron chi connectivity index (χ4n) is 6.43. The number of amides is 2. The Bertz CT molecular complexity index is 1780. The number of hydrogen-bond donors (Lipinski definition) is 5. The van der Waals surface area contributed by atoms with E-state index in [1.807, 2.05) is 17.4 Å². The van der Waals surface area contributed by atoms with Gasteiger partial charge in [0.1, 0.15) is 24.1 Å². The monoisotopic (exact) mass is 666 g/mol. The van der Waals surface area contributed by atoms with Crippen molar-refractivity contribution in [2.24, 2.45) is 5.92 Å². The molecule has 2 saturated heterocycles. The van der Waals surface area contributed by atoms with E-state index in [0.29, 0.717) is 48.6 Å². The molecule has 2 amide bonds. The molecule has 0 radical (unpaired) electrons. The molecule has 0 bridgehead atoms. The second-order valence-corrected chi connectivity index (χ2v) is 12.0. The molecule has 4 aromatic rings. The van der Waals surface area contributed by atoms with Gasteiger partial charge in [0.15, 0.2) is 11.5 Å². The number of alkyl halides is 2. The molecular formula is C33H36F2N6O7. The summed E-state index contributed by atoms with van der Waals surface area (Å²) in [5.74, 6) is -0.434. The predicted octanol–water partition coefficient (Wildman–Crippen LogP) is 2.19. The highest BCUT2D eigenvalue weighted by Crippen LogP contribution is 2.30. The van der Waals surface area contributed by atoms with Gasteiger partial charge in [0.25, 0.3) is 5.91 Å². The number of imidazole rings is 1. The largest absolute Gasteiger partial charge is 0.435 e. The van der Waals surface area contributed by atoms with Gasteiger partial charge in [0.05, 0.1) is 24.5 Å². The molecule has 4 atom stereocenters. The van der Waals surface area contributed by atoms with Crippen molar-refractivity contribution >= 4 is 29.0 Å². The fourth-order valence-corrected chi connectivity index (χ4v) is 6.43. The number of benzene rings is 2. The number of carbonyl (C=O) groups excluding carboxylic acids is 2. The van der Waals surface area contributed by atoms with Gasteiger partial charge in [-0.05, 0) is 67.8 Å². The number of likely N-dealkylation sites (tertiary alicyclic amines) is 2. The minimum absolute atomic E-state index is 0.0542. The number of aromatic nitrogens is 3. The van der Waals surface area contributed by atoms with E-state index in [0.717, 1.165) is 16.8 Å². The summed E-state index contributed by atoms with van der Waals surface area (Å²) in [5, 5.41) is 43.3. The van der Waals surface area contributed by atoms with Gasteiger partial charge in [-0.1, -0.05) is 0 Å². The zero-order chi connectivity index (χ0) is 34.1. The molecule has 15 heteroatoms. The van der Waals surface area contributed by atoms with Crippen molar-refractivity contribution in [3.63, 3.8) is 0 Å². The van der Waals surface area contributed by atoms with Gasteiger partial charge in [-0.2, -0.15) is 8.78 Å². The smallest absolute Gasteiger partial charge is 0.387 e. The summed E-state index contributed by atoms with van der Waals surface area (Å²) < 4.78 is 31.3. The second-order valence-electron chi connectivity index (χ2n) is 12.0. The van der Waals surface area contributed by atoms with Crippen molar-refractivity contribution < 1.29 is 43.5 Å². The van der Waals surface area contributed by atoms with Gasteiger partial charge in [-0.25, -0.2) is 9.97 Å². The van der Waals surface area contributed by atoms with Crippen LogP contribution in [0, 0.1) is 12.8 Å². The van der Waals surface area contributed by atoms with Crippen LogP contribution in [0.4, 0.5) is 20.3 Å². The number of halogens is 2. The number of β-amino-alcohol motifs (C(OH)–C–C–N with tert-alkyl or cyclic N) is 1. The summed E-state index contributed by atoms with van der Waals surface area (Å²) in [6.07, 6.45) is 1.52. The van der Waals surface area contributed by atoms with Gasteiger partial charge in [-0.3, -0.25) is 14.0 Å². The maximum atomic E-state index is 13.5. The molecule has 48 heavy (non-hydrogen) atoms. The van der Waals surface area contributed by atoms with E-state index >= 15 is 0 Å². The summed E-state index contributed by atoms with van der Waals surface area (Å²) in [6.45, 7) is -1.16. The Kier molecular flexibility index (Phi) is 9.55. The first kappa shape index (κ1) is 33.2. The Morgan fingerprint density at radius 3 is 2.44 bits per heavy atom. The predicted molar refractivity (Wildman–Crippen MR) is 169 cm³/mol. The molecule has 13 nitrogen and oxygen atoms in total. The van der Waals surface area contributed by atoms with Crippen LogP contribution in [-0.4, -0.2) is 114 Å². The topological polar surface area (TPSA) is 173 Å². The third kappa shape index (κ3) is 6.54. The van der Waals surface area contributed by atoms with E-state index in [2.05, 4.69) is 20.0 Å². The molecule has 2 aromatic carbocycles. The van der Waals surface area contributed by atoms with Crippen molar-refractivity contribution in [2.75, 3.05) is 31.6 Å². The van der Waals surface area contributed by atoms with Crippen molar-refractivity contribution in [1.82, 2.24) is 24.2 Å². The van der Waals surface area contributed by atoms with E-state index in [9.17, 15) is 38.8 Å². The molecule has 254 valence electrons. The van der Waals surface area contributed by atoms with Crippen LogP contribution in [0.1, 0.15) is 28.8 Å². The summed E-state index contributed by atoms with van der Waals surface area (Å²) in [5.41, 5.74) is 3.92. The molecule has 2 aliphatic heterocycles. The first-order valence-corrected chi connectivity index (χ1v) is 15.6. The number of fused-ring (bicyclic) bond motifs is 1. The number of rotatable bonds is 8. The molecular weight excluding hydrogens is 630 g/mol. The highest BCUT2D eigenvalue weighted by Gasteiger charge is 2.45. The van der Waals surface area contributed by atoms with Crippen LogP contribution in [0.3, 0.4) is 0 Å². The zero-order valence-corrected chi connectivity index (χ0v) is 26.0. The lowest BCUT2D eigenvalue weighted by molar-refractivity contribution is -0.170. The lowest BCUT2D eigenvalue weighted by atomic mass is 9.89. The van der Waals surface area contributed by atoms with E-state index in [1.54, 1.807) is 47.8 Å². The van der Waals surface area contributed by atoms with Gasteiger partial charge < -0.3 is 40.3 Å². The van der Waals surface area contributed by atoms with Crippen molar-refractivity contribution in [2.45, 2.75) is 50.7 Å². The van der Waals surface area contributed by atoms with E-state index < -0.39 is 43.5 Å². The standard InChI is InChI=1S/C33H36F2N6O7/c1-18-14-21(38-29-30-37-15-24(40(30)13-10-36-29)19-2-5-22(6-3-19)48-33(34)35)4-7-23(18)32(47)39-11-8-20(9-12-39)31(46)41-16-26(43)28(45)27(44)25(41)17-42/h2-7,10,13-15,20,25-28,33,42-45H,8-9,11-12,16-17H2,1H3,(H,36,38)/t25-,26+,27+,28-/m1/s1. The number of aliphatic hydroxyl groups excluding tert-OH is 4. The Morgan fingerprint density at radius 2 is 1.77 bits per heavy atom. The molecule has 0 unspecified atom stereocenters. The maximum Gasteiger partial charge on any atom is 0.387 e. The molecule has 0 spiro atoms.